The minimum atomic E-state index is -0.552. The summed E-state index contributed by atoms with van der Waals surface area (Å²) < 4.78 is 1.85. The second-order valence-corrected chi connectivity index (χ2v) is 6.14. The van der Waals surface area contributed by atoms with Crippen LogP contribution in [0.1, 0.15) is 5.56 Å². The maximum Gasteiger partial charge on any atom is 0.274 e. The smallest absolute Gasteiger partial charge is 0.274 e. The fraction of sp³-hybridized carbons (Fsp3) is 0. The molecule has 8 heteroatoms. The van der Waals surface area contributed by atoms with Crippen molar-refractivity contribution in [2.24, 2.45) is 0 Å². The van der Waals surface area contributed by atoms with E-state index in [1.54, 1.807) is 6.07 Å². The van der Waals surface area contributed by atoms with Crippen molar-refractivity contribution in [1.82, 2.24) is 9.38 Å². The van der Waals surface area contributed by atoms with E-state index in [4.69, 9.17) is 0 Å². The Labute approximate surface area is 137 Å². The van der Waals surface area contributed by atoms with Gasteiger partial charge in [0.25, 0.3) is 11.2 Å². The predicted molar refractivity (Wildman–Crippen MR) is 90.4 cm³/mol. The molecule has 2 aromatic carbocycles. The zero-order valence-corrected chi connectivity index (χ0v) is 12.9. The monoisotopic (exact) mass is 339 g/mol. The Kier molecular flexibility index (Phi) is 3.07. The third-order valence-electron chi connectivity index (χ3n) is 3.65. The average Bonchev–Trinajstić information content (AvgIpc) is 3.06. The molecule has 0 saturated carbocycles. The molecule has 0 amide bonds. The number of phenolic OH excluding ortho intramolecular Hbond substituents is 1. The van der Waals surface area contributed by atoms with E-state index in [9.17, 15) is 20.0 Å². The van der Waals surface area contributed by atoms with Gasteiger partial charge in [-0.1, -0.05) is 23.5 Å². The Morgan fingerprint density at radius 2 is 2.04 bits per heavy atom. The van der Waals surface area contributed by atoms with E-state index in [0.717, 1.165) is 5.52 Å². The molecule has 2 heterocycles. The number of hydrogen-bond donors (Lipinski definition) is 1. The van der Waals surface area contributed by atoms with Crippen LogP contribution in [0.2, 0.25) is 0 Å². The van der Waals surface area contributed by atoms with E-state index in [0.29, 0.717) is 15.0 Å². The van der Waals surface area contributed by atoms with Crippen molar-refractivity contribution in [3.05, 3.63) is 73.0 Å². The number of nitrogens with zero attached hydrogens (tertiary/aromatic N) is 3. The lowest BCUT2D eigenvalue weighted by Crippen LogP contribution is -2.22. The Hall–Kier alpha value is -3.26. The summed E-state index contributed by atoms with van der Waals surface area (Å²) in [6.07, 6.45) is 1.44. The number of thiazole rings is 1. The number of fused-ring (bicyclic) bond motifs is 3. The molecule has 118 valence electrons. The van der Waals surface area contributed by atoms with Gasteiger partial charge < -0.3 is 5.11 Å². The van der Waals surface area contributed by atoms with Gasteiger partial charge in [0, 0.05) is 17.7 Å². The summed E-state index contributed by atoms with van der Waals surface area (Å²) in [6, 6.07) is 11.0. The van der Waals surface area contributed by atoms with Gasteiger partial charge in [-0.3, -0.25) is 14.9 Å². The molecule has 0 aliphatic carbocycles. The molecule has 24 heavy (non-hydrogen) atoms. The van der Waals surface area contributed by atoms with Gasteiger partial charge in [0.1, 0.15) is 5.75 Å². The molecule has 0 atom stereocenters. The molecule has 0 fully saturated rings. The molecule has 0 saturated heterocycles. The zero-order valence-electron chi connectivity index (χ0n) is 12.0. The third-order valence-corrected chi connectivity index (χ3v) is 4.62. The van der Waals surface area contributed by atoms with Crippen LogP contribution in [0.3, 0.4) is 0 Å². The quantitative estimate of drug-likeness (QED) is 0.445. The highest BCUT2D eigenvalue weighted by molar-refractivity contribution is 7.15. The first-order chi connectivity index (χ1) is 11.5. The van der Waals surface area contributed by atoms with Crippen molar-refractivity contribution < 1.29 is 10.0 Å². The summed E-state index contributed by atoms with van der Waals surface area (Å²) in [6.45, 7) is 0. The van der Waals surface area contributed by atoms with Crippen LogP contribution < -0.4 is 10.1 Å². The highest BCUT2D eigenvalue weighted by Gasteiger charge is 2.12. The van der Waals surface area contributed by atoms with Crippen LogP contribution in [-0.4, -0.2) is 19.4 Å². The minimum Gasteiger partial charge on any atom is -0.507 e. The van der Waals surface area contributed by atoms with Gasteiger partial charge >= 0.3 is 0 Å². The van der Waals surface area contributed by atoms with Gasteiger partial charge in [0.2, 0.25) is 0 Å². The zero-order chi connectivity index (χ0) is 16.8. The summed E-state index contributed by atoms with van der Waals surface area (Å²) in [7, 11) is 0. The topological polar surface area (TPSA) is 97.7 Å². The maximum absolute atomic E-state index is 12.6. The minimum absolute atomic E-state index is 0.129. The lowest BCUT2D eigenvalue weighted by Gasteiger charge is -1.97. The number of rotatable bonds is 2. The first-order valence-corrected chi connectivity index (χ1v) is 7.75. The Balaban J connectivity index is 1.99. The van der Waals surface area contributed by atoms with E-state index in [1.807, 2.05) is 18.2 Å². The molecule has 1 N–H and O–H groups in total. The summed E-state index contributed by atoms with van der Waals surface area (Å²) in [4.78, 5) is 27.9. The molecular weight excluding hydrogens is 330 g/mol. The lowest BCUT2D eigenvalue weighted by atomic mass is 10.1. The number of imidazole rings is 1. The van der Waals surface area contributed by atoms with Gasteiger partial charge in [0.05, 0.1) is 20.5 Å². The third kappa shape index (κ3) is 2.12. The van der Waals surface area contributed by atoms with Gasteiger partial charge in [0.15, 0.2) is 4.96 Å². The van der Waals surface area contributed by atoms with E-state index in [2.05, 4.69) is 4.98 Å². The molecule has 4 rings (SSSR count). The first kappa shape index (κ1) is 14.3. The number of aromatic nitrogens is 2. The van der Waals surface area contributed by atoms with Crippen LogP contribution in [-0.2, 0) is 0 Å². The van der Waals surface area contributed by atoms with E-state index >= 15 is 0 Å². The fourth-order valence-electron chi connectivity index (χ4n) is 2.52. The largest absolute Gasteiger partial charge is 0.507 e. The summed E-state index contributed by atoms with van der Waals surface area (Å²) in [5, 5.41) is 20.8. The second kappa shape index (κ2) is 5.14. The lowest BCUT2D eigenvalue weighted by molar-refractivity contribution is -0.384. The maximum atomic E-state index is 12.6. The van der Waals surface area contributed by atoms with E-state index in [-0.39, 0.29) is 22.6 Å². The number of para-hydroxylation sites is 2. The predicted octanol–water partition coefficient (Wildman–Crippen LogP) is 2.07. The van der Waals surface area contributed by atoms with Crippen LogP contribution in [0.15, 0.2) is 47.3 Å². The van der Waals surface area contributed by atoms with Crippen LogP contribution in [0.4, 0.5) is 5.69 Å². The number of benzene rings is 2. The Bertz CT molecular complexity index is 1230. The van der Waals surface area contributed by atoms with Gasteiger partial charge in [-0.25, -0.2) is 9.38 Å². The standard InChI is InChI=1S/C16H9N3O4S/c20-13-6-5-10(19(22)23)7-9(13)8-14-15(21)18-12-4-2-1-3-11(12)17-16(18)24-14/h1-8,20H/b14-8-. The molecule has 7 nitrogen and oxygen atoms in total. The molecule has 0 radical (unpaired) electrons. The van der Waals surface area contributed by atoms with Crippen LogP contribution in [0.5, 0.6) is 5.75 Å². The molecule has 0 aliphatic rings. The number of hydrogen-bond acceptors (Lipinski definition) is 6. The van der Waals surface area contributed by atoms with E-state index in [1.165, 1.54) is 40.0 Å². The highest BCUT2D eigenvalue weighted by Crippen LogP contribution is 2.23. The van der Waals surface area contributed by atoms with Crippen molar-refractivity contribution in [3.8, 4) is 5.75 Å². The van der Waals surface area contributed by atoms with Gasteiger partial charge in [-0.15, -0.1) is 0 Å². The summed E-state index contributed by atoms with van der Waals surface area (Å²) in [5.74, 6) is -0.129. The Morgan fingerprint density at radius 1 is 1.25 bits per heavy atom. The van der Waals surface area contributed by atoms with Crippen LogP contribution >= 0.6 is 11.3 Å². The van der Waals surface area contributed by atoms with E-state index < -0.39 is 4.92 Å². The number of non-ortho nitro benzene ring substituents is 1. The molecular formula is C16H9N3O4S. The molecule has 2 aromatic heterocycles. The number of nitro groups is 1. The summed E-state index contributed by atoms with van der Waals surface area (Å²) in [5.41, 5.74) is 1.23. The first-order valence-electron chi connectivity index (χ1n) is 6.94. The van der Waals surface area contributed by atoms with Crippen molar-refractivity contribution in [2.75, 3.05) is 0 Å². The second-order valence-electron chi connectivity index (χ2n) is 5.13. The number of aromatic hydroxyl groups is 1. The molecule has 0 aliphatic heterocycles. The van der Waals surface area contributed by atoms with Crippen LogP contribution in [0.25, 0.3) is 22.1 Å². The normalized spacial score (nSPS) is 12.2. The molecule has 0 spiro atoms. The van der Waals surface area contributed by atoms with Crippen molar-refractivity contribution in [1.29, 1.82) is 0 Å². The van der Waals surface area contributed by atoms with Gasteiger partial charge in [-0.05, 0) is 24.3 Å². The fourth-order valence-corrected chi connectivity index (χ4v) is 3.50. The number of nitro benzene ring substituents is 1. The SMILES string of the molecule is O=c1/c(=C/c2cc([N+](=O)[O-])ccc2O)sc2nc3ccccc3n12. The Morgan fingerprint density at radius 3 is 2.83 bits per heavy atom. The molecule has 0 unspecified atom stereocenters. The van der Waals surface area contributed by atoms with Gasteiger partial charge in [-0.2, -0.15) is 0 Å². The average molecular weight is 339 g/mol. The van der Waals surface area contributed by atoms with Crippen molar-refractivity contribution >= 4 is 39.1 Å². The molecule has 0 bridgehead atoms. The summed E-state index contributed by atoms with van der Waals surface area (Å²) >= 11 is 1.17. The highest BCUT2D eigenvalue weighted by atomic mass is 32.1. The van der Waals surface area contributed by atoms with Crippen molar-refractivity contribution in [2.45, 2.75) is 0 Å². The van der Waals surface area contributed by atoms with Crippen molar-refractivity contribution in [3.63, 3.8) is 0 Å². The molecule has 4 aromatic rings. The number of phenols is 1. The van der Waals surface area contributed by atoms with Crippen LogP contribution in [0, 0.1) is 10.1 Å².